The second-order valence-corrected chi connectivity index (χ2v) is 3.98. The molecule has 1 saturated heterocycles. The molecule has 1 fully saturated rings. The Bertz CT molecular complexity index is 423. The highest BCUT2D eigenvalue weighted by molar-refractivity contribution is 5.95. The standard InChI is InChI=1S/C12H15FN2O2.ClH/c1-17-8-4-5-9(13)11(7-8)15-12(16)10-3-2-6-14-10;/h4-5,7,10,14H,2-3,6H2,1H3,(H,15,16);1H. The van der Waals surface area contributed by atoms with Crippen LogP contribution in [0.5, 0.6) is 5.75 Å². The molecule has 1 aromatic rings. The molecule has 1 unspecified atom stereocenters. The lowest BCUT2D eigenvalue weighted by Crippen LogP contribution is -2.35. The monoisotopic (exact) mass is 274 g/mol. The van der Waals surface area contributed by atoms with Crippen molar-refractivity contribution < 1.29 is 13.9 Å². The van der Waals surface area contributed by atoms with E-state index in [0.29, 0.717) is 5.75 Å². The normalized spacial score (nSPS) is 18.0. The number of methoxy groups -OCH3 is 1. The van der Waals surface area contributed by atoms with Gasteiger partial charge in [0.1, 0.15) is 11.6 Å². The summed E-state index contributed by atoms with van der Waals surface area (Å²) in [7, 11) is 1.50. The molecule has 18 heavy (non-hydrogen) atoms. The number of carbonyl (C=O) groups excluding carboxylic acids is 1. The summed E-state index contributed by atoms with van der Waals surface area (Å²) in [5, 5.41) is 5.63. The minimum absolute atomic E-state index is 0. The Morgan fingerprint density at radius 2 is 2.33 bits per heavy atom. The summed E-state index contributed by atoms with van der Waals surface area (Å²) in [6, 6.07) is 4.04. The maximum atomic E-state index is 13.5. The van der Waals surface area contributed by atoms with E-state index >= 15 is 0 Å². The summed E-state index contributed by atoms with van der Waals surface area (Å²) in [6.45, 7) is 0.832. The first-order valence-corrected chi connectivity index (χ1v) is 5.58. The number of rotatable bonds is 3. The van der Waals surface area contributed by atoms with Crippen LogP contribution in [-0.2, 0) is 4.79 Å². The van der Waals surface area contributed by atoms with Crippen molar-refractivity contribution in [2.75, 3.05) is 19.0 Å². The van der Waals surface area contributed by atoms with Gasteiger partial charge in [0.2, 0.25) is 5.91 Å². The maximum Gasteiger partial charge on any atom is 0.241 e. The van der Waals surface area contributed by atoms with Crippen molar-refractivity contribution in [1.82, 2.24) is 5.32 Å². The molecular formula is C12H16ClFN2O2. The molecule has 0 aliphatic carbocycles. The largest absolute Gasteiger partial charge is 0.497 e. The van der Waals surface area contributed by atoms with E-state index in [4.69, 9.17) is 4.74 Å². The summed E-state index contributed by atoms with van der Waals surface area (Å²) >= 11 is 0. The van der Waals surface area contributed by atoms with Gasteiger partial charge < -0.3 is 15.4 Å². The van der Waals surface area contributed by atoms with Crippen LogP contribution in [0, 0.1) is 5.82 Å². The van der Waals surface area contributed by atoms with Crippen molar-refractivity contribution in [3.8, 4) is 5.75 Å². The van der Waals surface area contributed by atoms with Gasteiger partial charge in [-0.2, -0.15) is 0 Å². The zero-order valence-electron chi connectivity index (χ0n) is 10.0. The molecule has 0 saturated carbocycles. The second kappa shape index (κ2) is 6.56. The number of hydrogen-bond acceptors (Lipinski definition) is 3. The number of nitrogens with one attached hydrogen (secondary N) is 2. The number of halogens is 2. The van der Waals surface area contributed by atoms with Gasteiger partial charge >= 0.3 is 0 Å². The zero-order valence-corrected chi connectivity index (χ0v) is 10.8. The number of hydrogen-bond donors (Lipinski definition) is 2. The van der Waals surface area contributed by atoms with E-state index < -0.39 is 5.82 Å². The average Bonchev–Trinajstić information content (AvgIpc) is 2.85. The first kappa shape index (κ1) is 14.7. The molecule has 1 heterocycles. The van der Waals surface area contributed by atoms with E-state index in [1.54, 1.807) is 0 Å². The topological polar surface area (TPSA) is 50.4 Å². The molecule has 4 nitrogen and oxygen atoms in total. The Kier molecular flexibility index (Phi) is 5.37. The van der Waals surface area contributed by atoms with E-state index in [1.165, 1.54) is 25.3 Å². The number of ether oxygens (including phenoxy) is 1. The van der Waals surface area contributed by atoms with Gasteiger partial charge in [0.15, 0.2) is 0 Å². The van der Waals surface area contributed by atoms with Crippen LogP contribution in [-0.4, -0.2) is 25.6 Å². The molecule has 2 N–H and O–H groups in total. The SMILES string of the molecule is COc1ccc(F)c(NC(=O)C2CCCN2)c1.Cl. The molecule has 6 heteroatoms. The Labute approximate surface area is 111 Å². The lowest BCUT2D eigenvalue weighted by atomic mass is 10.2. The first-order chi connectivity index (χ1) is 8.20. The van der Waals surface area contributed by atoms with Crippen molar-refractivity contribution in [2.24, 2.45) is 0 Å². The Balaban J connectivity index is 0.00000162. The summed E-state index contributed by atoms with van der Waals surface area (Å²) < 4.78 is 18.4. The van der Waals surface area contributed by atoms with Crippen LogP contribution in [0.15, 0.2) is 18.2 Å². The quantitative estimate of drug-likeness (QED) is 0.886. The van der Waals surface area contributed by atoms with Crippen LogP contribution in [0.4, 0.5) is 10.1 Å². The number of amides is 1. The Morgan fingerprint density at radius 1 is 1.56 bits per heavy atom. The predicted octanol–water partition coefficient (Wildman–Crippen LogP) is 1.95. The summed E-state index contributed by atoms with van der Waals surface area (Å²) in [4.78, 5) is 11.8. The van der Waals surface area contributed by atoms with Crippen LogP contribution in [0.1, 0.15) is 12.8 Å². The molecule has 1 aromatic carbocycles. The molecule has 0 spiro atoms. The molecule has 1 amide bonds. The molecule has 2 rings (SSSR count). The molecular weight excluding hydrogens is 259 g/mol. The van der Waals surface area contributed by atoms with Gasteiger partial charge in [-0.25, -0.2) is 4.39 Å². The summed E-state index contributed by atoms with van der Waals surface area (Å²) in [5.74, 6) is -0.145. The highest BCUT2D eigenvalue weighted by Gasteiger charge is 2.22. The smallest absolute Gasteiger partial charge is 0.241 e. The van der Waals surface area contributed by atoms with Gasteiger partial charge in [-0.3, -0.25) is 4.79 Å². The van der Waals surface area contributed by atoms with Crippen molar-refractivity contribution >= 4 is 24.0 Å². The number of benzene rings is 1. The van der Waals surface area contributed by atoms with Crippen LogP contribution in [0.2, 0.25) is 0 Å². The fourth-order valence-electron chi connectivity index (χ4n) is 1.86. The lowest BCUT2D eigenvalue weighted by Gasteiger charge is -2.12. The molecule has 100 valence electrons. The minimum Gasteiger partial charge on any atom is -0.497 e. The maximum absolute atomic E-state index is 13.5. The Morgan fingerprint density at radius 3 is 2.94 bits per heavy atom. The van der Waals surface area contributed by atoms with Crippen LogP contribution < -0.4 is 15.4 Å². The van der Waals surface area contributed by atoms with E-state index in [0.717, 1.165) is 19.4 Å². The predicted molar refractivity (Wildman–Crippen MR) is 69.9 cm³/mol. The van der Waals surface area contributed by atoms with Gasteiger partial charge in [-0.05, 0) is 31.5 Å². The van der Waals surface area contributed by atoms with Crippen molar-refractivity contribution in [3.63, 3.8) is 0 Å². The van der Waals surface area contributed by atoms with Crippen molar-refractivity contribution in [2.45, 2.75) is 18.9 Å². The van der Waals surface area contributed by atoms with Crippen molar-refractivity contribution in [3.05, 3.63) is 24.0 Å². The second-order valence-electron chi connectivity index (χ2n) is 3.98. The number of carbonyl (C=O) groups is 1. The van der Waals surface area contributed by atoms with E-state index in [1.807, 2.05) is 0 Å². The van der Waals surface area contributed by atoms with Crippen LogP contribution in [0.25, 0.3) is 0 Å². The molecule has 1 aliphatic heterocycles. The highest BCUT2D eigenvalue weighted by Crippen LogP contribution is 2.21. The van der Waals surface area contributed by atoms with E-state index in [-0.39, 0.29) is 30.0 Å². The van der Waals surface area contributed by atoms with Crippen LogP contribution in [0.3, 0.4) is 0 Å². The van der Waals surface area contributed by atoms with E-state index in [2.05, 4.69) is 10.6 Å². The fourth-order valence-corrected chi connectivity index (χ4v) is 1.86. The Hall–Kier alpha value is -1.33. The van der Waals surface area contributed by atoms with Gasteiger partial charge in [-0.1, -0.05) is 0 Å². The molecule has 0 radical (unpaired) electrons. The van der Waals surface area contributed by atoms with Gasteiger partial charge in [0.05, 0.1) is 18.8 Å². The first-order valence-electron chi connectivity index (χ1n) is 5.58. The van der Waals surface area contributed by atoms with Crippen LogP contribution >= 0.6 is 12.4 Å². The number of anilines is 1. The molecule has 0 aromatic heterocycles. The van der Waals surface area contributed by atoms with Gasteiger partial charge in [-0.15, -0.1) is 12.4 Å². The zero-order chi connectivity index (χ0) is 12.3. The third-order valence-corrected chi connectivity index (χ3v) is 2.81. The van der Waals surface area contributed by atoms with Gasteiger partial charge in [0, 0.05) is 6.07 Å². The highest BCUT2D eigenvalue weighted by atomic mass is 35.5. The fraction of sp³-hybridized carbons (Fsp3) is 0.417. The third-order valence-electron chi connectivity index (χ3n) is 2.81. The minimum atomic E-state index is -0.461. The van der Waals surface area contributed by atoms with Gasteiger partial charge in [0.25, 0.3) is 0 Å². The molecule has 1 atom stereocenters. The molecule has 0 bridgehead atoms. The van der Waals surface area contributed by atoms with E-state index in [9.17, 15) is 9.18 Å². The summed E-state index contributed by atoms with van der Waals surface area (Å²) in [6.07, 6.45) is 1.76. The summed E-state index contributed by atoms with van der Waals surface area (Å²) in [5.41, 5.74) is 0.156. The van der Waals surface area contributed by atoms with Crippen molar-refractivity contribution in [1.29, 1.82) is 0 Å². The third kappa shape index (κ3) is 3.34. The molecule has 1 aliphatic rings. The average molecular weight is 275 g/mol. The lowest BCUT2D eigenvalue weighted by molar-refractivity contribution is -0.117.